The number of rotatable bonds is 5. The zero-order valence-corrected chi connectivity index (χ0v) is 17.1. The molecule has 0 atom stereocenters. The predicted octanol–water partition coefficient (Wildman–Crippen LogP) is 5.08. The van der Waals surface area contributed by atoms with Gasteiger partial charge in [-0.15, -0.1) is 0 Å². The Morgan fingerprint density at radius 1 is 0.935 bits per heavy atom. The first-order valence-corrected chi connectivity index (χ1v) is 10.5. The molecule has 162 valence electrons. The van der Waals surface area contributed by atoms with Gasteiger partial charge in [0.15, 0.2) is 0 Å². The van der Waals surface area contributed by atoms with Crippen LogP contribution in [0.1, 0.15) is 29.7 Å². The van der Waals surface area contributed by atoms with Gasteiger partial charge in [-0.2, -0.15) is 13.2 Å². The van der Waals surface area contributed by atoms with Crippen LogP contribution < -0.4 is 10.6 Å². The molecule has 1 aromatic heterocycles. The summed E-state index contributed by atoms with van der Waals surface area (Å²) in [5.74, 6) is 1.21. The topological polar surface area (TPSA) is 55.0 Å². The van der Waals surface area contributed by atoms with E-state index in [-0.39, 0.29) is 6.54 Å². The lowest BCUT2D eigenvalue weighted by Crippen LogP contribution is -2.35. The fourth-order valence-electron chi connectivity index (χ4n) is 3.99. The molecule has 1 fully saturated rings. The molecular weight excluding hydrogens is 401 g/mol. The molecule has 1 aliphatic heterocycles. The highest BCUT2D eigenvalue weighted by Crippen LogP contribution is 2.31. The molecule has 3 aromatic rings. The van der Waals surface area contributed by atoms with Crippen LogP contribution in [0.15, 0.2) is 60.7 Å². The summed E-state index contributed by atoms with van der Waals surface area (Å²) >= 11 is 0. The molecule has 31 heavy (non-hydrogen) atoms. The SMILES string of the molecule is NCc1cc(-c2ccc(C(F)(F)F)cc2)nc(N2CCC(Cc3ccccc3)CC2)n1. The lowest BCUT2D eigenvalue weighted by molar-refractivity contribution is -0.137. The van der Waals surface area contributed by atoms with Crippen LogP contribution in [0.3, 0.4) is 0 Å². The summed E-state index contributed by atoms with van der Waals surface area (Å²) in [5.41, 5.74) is 8.38. The van der Waals surface area contributed by atoms with E-state index in [1.807, 2.05) is 6.07 Å². The van der Waals surface area contributed by atoms with Crippen LogP contribution in [-0.2, 0) is 19.1 Å². The van der Waals surface area contributed by atoms with Crippen LogP contribution in [0, 0.1) is 5.92 Å². The van der Waals surface area contributed by atoms with Gasteiger partial charge in [0, 0.05) is 25.2 Å². The Bertz CT molecular complexity index is 996. The fraction of sp³-hybridized carbons (Fsp3) is 0.333. The summed E-state index contributed by atoms with van der Waals surface area (Å²) in [4.78, 5) is 11.4. The molecule has 2 N–H and O–H groups in total. The number of nitrogens with two attached hydrogens (primary N) is 1. The third kappa shape index (κ3) is 5.22. The Morgan fingerprint density at radius 2 is 1.61 bits per heavy atom. The van der Waals surface area contributed by atoms with Gasteiger partial charge in [0.05, 0.1) is 17.0 Å². The summed E-state index contributed by atoms with van der Waals surface area (Å²) < 4.78 is 38.6. The monoisotopic (exact) mass is 426 g/mol. The second kappa shape index (κ2) is 9.06. The molecule has 1 saturated heterocycles. The Hall–Kier alpha value is -2.93. The number of anilines is 1. The van der Waals surface area contributed by atoms with E-state index < -0.39 is 11.7 Å². The average Bonchev–Trinajstić information content (AvgIpc) is 2.79. The van der Waals surface area contributed by atoms with Crippen LogP contribution in [0.25, 0.3) is 11.3 Å². The first kappa shape index (κ1) is 21.3. The number of hydrogen-bond acceptors (Lipinski definition) is 4. The smallest absolute Gasteiger partial charge is 0.341 e. The van der Waals surface area contributed by atoms with Gasteiger partial charge in [0.1, 0.15) is 0 Å². The molecule has 0 saturated carbocycles. The van der Waals surface area contributed by atoms with Crippen LogP contribution in [0.5, 0.6) is 0 Å². The van der Waals surface area contributed by atoms with Crippen molar-refractivity contribution in [3.63, 3.8) is 0 Å². The molecule has 0 aliphatic carbocycles. The van der Waals surface area contributed by atoms with E-state index in [0.29, 0.717) is 28.8 Å². The van der Waals surface area contributed by atoms with Gasteiger partial charge >= 0.3 is 6.18 Å². The zero-order valence-electron chi connectivity index (χ0n) is 17.1. The van der Waals surface area contributed by atoms with E-state index in [2.05, 4.69) is 39.1 Å². The first-order chi connectivity index (χ1) is 14.9. The van der Waals surface area contributed by atoms with Gasteiger partial charge in [0.25, 0.3) is 0 Å². The van der Waals surface area contributed by atoms with Gasteiger partial charge in [-0.25, -0.2) is 9.97 Å². The van der Waals surface area contributed by atoms with E-state index in [9.17, 15) is 13.2 Å². The predicted molar refractivity (Wildman–Crippen MR) is 115 cm³/mol. The van der Waals surface area contributed by atoms with Crippen molar-refractivity contribution in [2.75, 3.05) is 18.0 Å². The molecule has 2 heterocycles. The van der Waals surface area contributed by atoms with Crippen molar-refractivity contribution in [3.8, 4) is 11.3 Å². The molecule has 2 aromatic carbocycles. The number of nitrogens with zero attached hydrogens (tertiary/aromatic N) is 3. The van der Waals surface area contributed by atoms with Crippen molar-refractivity contribution in [1.29, 1.82) is 0 Å². The van der Waals surface area contributed by atoms with Crippen molar-refractivity contribution in [3.05, 3.63) is 77.5 Å². The number of hydrogen-bond donors (Lipinski definition) is 1. The van der Waals surface area contributed by atoms with Gasteiger partial charge in [-0.3, -0.25) is 0 Å². The Labute approximate surface area is 179 Å². The summed E-state index contributed by atoms with van der Waals surface area (Å²) in [7, 11) is 0. The third-order valence-corrected chi connectivity index (χ3v) is 5.75. The normalized spacial score (nSPS) is 15.3. The molecule has 0 unspecified atom stereocenters. The van der Waals surface area contributed by atoms with Gasteiger partial charge in [-0.1, -0.05) is 42.5 Å². The summed E-state index contributed by atoms with van der Waals surface area (Å²) in [5, 5.41) is 0. The minimum atomic E-state index is -4.36. The minimum absolute atomic E-state index is 0.244. The van der Waals surface area contributed by atoms with Crippen molar-refractivity contribution >= 4 is 5.95 Å². The van der Waals surface area contributed by atoms with Gasteiger partial charge < -0.3 is 10.6 Å². The third-order valence-electron chi connectivity index (χ3n) is 5.75. The van der Waals surface area contributed by atoms with E-state index in [1.54, 1.807) is 6.07 Å². The summed E-state index contributed by atoms with van der Waals surface area (Å²) in [6.07, 6.45) is -1.21. The summed E-state index contributed by atoms with van der Waals surface area (Å²) in [6.45, 7) is 1.93. The summed E-state index contributed by atoms with van der Waals surface area (Å²) in [6, 6.07) is 17.3. The highest BCUT2D eigenvalue weighted by Gasteiger charge is 2.30. The second-order valence-electron chi connectivity index (χ2n) is 7.94. The van der Waals surface area contributed by atoms with Gasteiger partial charge in [0.2, 0.25) is 5.95 Å². The average molecular weight is 426 g/mol. The Kier molecular flexibility index (Phi) is 6.23. The molecular formula is C24H25F3N4. The lowest BCUT2D eigenvalue weighted by atomic mass is 9.90. The molecule has 0 radical (unpaired) electrons. The number of benzene rings is 2. The second-order valence-corrected chi connectivity index (χ2v) is 7.94. The molecule has 0 amide bonds. The van der Waals surface area contributed by atoms with Crippen molar-refractivity contribution in [1.82, 2.24) is 9.97 Å². The standard InChI is InChI=1S/C24H25F3N4/c25-24(26,27)20-8-6-19(7-9-20)22-15-21(16-28)29-23(30-22)31-12-10-18(11-13-31)14-17-4-2-1-3-5-17/h1-9,15,18H,10-14,16,28H2. The molecule has 1 aliphatic rings. The molecule has 4 rings (SSSR count). The number of halogens is 3. The van der Waals surface area contributed by atoms with E-state index in [0.717, 1.165) is 44.5 Å². The van der Waals surface area contributed by atoms with Crippen LogP contribution in [-0.4, -0.2) is 23.1 Å². The quantitative estimate of drug-likeness (QED) is 0.618. The maximum absolute atomic E-state index is 12.9. The van der Waals surface area contributed by atoms with Crippen molar-refractivity contribution in [2.45, 2.75) is 32.0 Å². The number of alkyl halides is 3. The van der Waals surface area contributed by atoms with E-state index >= 15 is 0 Å². The Balaban J connectivity index is 1.49. The molecule has 0 spiro atoms. The van der Waals surface area contributed by atoms with Crippen LogP contribution >= 0.6 is 0 Å². The largest absolute Gasteiger partial charge is 0.416 e. The zero-order chi connectivity index (χ0) is 21.8. The molecule has 0 bridgehead atoms. The maximum atomic E-state index is 12.9. The van der Waals surface area contributed by atoms with Crippen molar-refractivity contribution < 1.29 is 13.2 Å². The molecule has 7 heteroatoms. The number of aromatic nitrogens is 2. The van der Waals surface area contributed by atoms with Crippen LogP contribution in [0.4, 0.5) is 19.1 Å². The van der Waals surface area contributed by atoms with Gasteiger partial charge in [-0.05, 0) is 48.9 Å². The lowest BCUT2D eigenvalue weighted by Gasteiger charge is -2.32. The highest BCUT2D eigenvalue weighted by atomic mass is 19.4. The Morgan fingerprint density at radius 3 is 2.23 bits per heavy atom. The van der Waals surface area contributed by atoms with E-state index in [1.165, 1.54) is 17.7 Å². The minimum Gasteiger partial charge on any atom is -0.341 e. The maximum Gasteiger partial charge on any atom is 0.416 e. The first-order valence-electron chi connectivity index (χ1n) is 10.5. The molecule has 4 nitrogen and oxygen atoms in total. The fourth-order valence-corrected chi connectivity index (χ4v) is 3.99. The van der Waals surface area contributed by atoms with E-state index in [4.69, 9.17) is 5.73 Å². The highest BCUT2D eigenvalue weighted by molar-refractivity contribution is 5.61. The number of piperidine rings is 1. The van der Waals surface area contributed by atoms with Crippen molar-refractivity contribution in [2.24, 2.45) is 11.7 Å². The van der Waals surface area contributed by atoms with Crippen LogP contribution in [0.2, 0.25) is 0 Å².